The minimum atomic E-state index is -0.104. The Hall–Kier alpha value is -3.12. The fourth-order valence-corrected chi connectivity index (χ4v) is 3.20. The zero-order valence-electron chi connectivity index (χ0n) is 14.5. The number of pyridine rings is 1. The molecule has 3 aromatic heterocycles. The molecule has 1 unspecified atom stereocenters. The van der Waals surface area contributed by atoms with Crippen molar-refractivity contribution >= 4 is 23.2 Å². The van der Waals surface area contributed by atoms with Crippen LogP contribution in [0.15, 0.2) is 73.2 Å². The maximum Gasteiger partial charge on any atom is 0.222 e. The number of amides is 1. The molecule has 1 amide bonds. The van der Waals surface area contributed by atoms with Crippen LogP contribution in [-0.4, -0.2) is 25.1 Å². The summed E-state index contributed by atoms with van der Waals surface area (Å²) in [5, 5.41) is 11.9. The Morgan fingerprint density at radius 2 is 1.74 bits per heavy atom. The van der Waals surface area contributed by atoms with Gasteiger partial charge >= 0.3 is 0 Å². The zero-order valence-corrected chi connectivity index (χ0v) is 15.3. The minimum absolute atomic E-state index is 0.0590. The molecule has 0 radical (unpaired) electrons. The van der Waals surface area contributed by atoms with Crippen LogP contribution in [0, 0.1) is 0 Å². The second-order valence-electron chi connectivity index (χ2n) is 6.22. The molecule has 0 bridgehead atoms. The SMILES string of the molecule is O=C(CC(c1ccc(Cl)cc1)n1cccc1)NCc1nnc2ccccn12. The Bertz CT molecular complexity index is 1040. The van der Waals surface area contributed by atoms with Gasteiger partial charge in [0.25, 0.3) is 0 Å². The van der Waals surface area contributed by atoms with E-state index in [-0.39, 0.29) is 11.9 Å². The van der Waals surface area contributed by atoms with Crippen LogP contribution >= 0.6 is 11.6 Å². The highest BCUT2D eigenvalue weighted by atomic mass is 35.5. The number of carbonyl (C=O) groups is 1. The highest BCUT2D eigenvalue weighted by Gasteiger charge is 2.18. The summed E-state index contributed by atoms with van der Waals surface area (Å²) in [7, 11) is 0. The van der Waals surface area contributed by atoms with E-state index in [1.54, 1.807) is 0 Å². The normalized spacial score (nSPS) is 12.2. The summed E-state index contributed by atoms with van der Waals surface area (Å²) >= 11 is 6.00. The predicted octanol–water partition coefficient (Wildman–Crippen LogP) is 3.48. The fraction of sp³-hybridized carbons (Fsp3) is 0.150. The Balaban J connectivity index is 1.48. The monoisotopic (exact) mass is 379 g/mol. The maximum absolute atomic E-state index is 12.6. The van der Waals surface area contributed by atoms with Gasteiger partial charge in [0, 0.05) is 23.6 Å². The van der Waals surface area contributed by atoms with Gasteiger partial charge in [-0.15, -0.1) is 10.2 Å². The second-order valence-corrected chi connectivity index (χ2v) is 6.66. The van der Waals surface area contributed by atoms with Crippen molar-refractivity contribution in [3.8, 4) is 0 Å². The van der Waals surface area contributed by atoms with Crippen LogP contribution in [0.4, 0.5) is 0 Å². The topological polar surface area (TPSA) is 64.2 Å². The van der Waals surface area contributed by atoms with Gasteiger partial charge in [-0.3, -0.25) is 9.20 Å². The van der Waals surface area contributed by atoms with Crippen LogP contribution in [0.1, 0.15) is 23.9 Å². The van der Waals surface area contributed by atoms with E-state index in [9.17, 15) is 4.79 Å². The average Bonchev–Trinajstić information content (AvgIpc) is 3.35. The molecule has 136 valence electrons. The molecule has 4 aromatic rings. The molecule has 6 nitrogen and oxygen atoms in total. The smallest absolute Gasteiger partial charge is 0.222 e. The van der Waals surface area contributed by atoms with Crippen molar-refractivity contribution in [2.24, 2.45) is 0 Å². The van der Waals surface area contributed by atoms with Crippen LogP contribution in [0.2, 0.25) is 5.02 Å². The molecule has 0 aliphatic carbocycles. The number of fused-ring (bicyclic) bond motifs is 1. The molecule has 1 N–H and O–H groups in total. The third-order valence-electron chi connectivity index (χ3n) is 4.45. The molecule has 3 heterocycles. The maximum atomic E-state index is 12.6. The van der Waals surface area contributed by atoms with Crippen molar-refractivity contribution in [2.75, 3.05) is 0 Å². The summed E-state index contributed by atoms with van der Waals surface area (Å²) < 4.78 is 3.89. The first-order chi connectivity index (χ1) is 13.2. The first kappa shape index (κ1) is 17.3. The number of carbonyl (C=O) groups excluding carboxylic acids is 1. The standard InChI is InChI=1S/C20H18ClN5O/c21-16-8-6-15(7-9-16)17(25-10-3-4-11-25)13-20(27)22-14-19-24-23-18-5-1-2-12-26(18)19/h1-12,17H,13-14H2,(H,22,27). The van der Waals surface area contributed by atoms with E-state index in [2.05, 4.69) is 15.5 Å². The average molecular weight is 380 g/mol. The van der Waals surface area contributed by atoms with E-state index in [0.29, 0.717) is 23.8 Å². The number of hydrogen-bond acceptors (Lipinski definition) is 3. The molecule has 0 aliphatic rings. The van der Waals surface area contributed by atoms with Crippen LogP contribution < -0.4 is 5.32 Å². The number of halogens is 1. The lowest BCUT2D eigenvalue weighted by Gasteiger charge is -2.19. The quantitative estimate of drug-likeness (QED) is 0.557. The zero-order chi connectivity index (χ0) is 18.6. The van der Waals surface area contributed by atoms with E-state index in [1.807, 2.05) is 82.2 Å². The van der Waals surface area contributed by atoms with Crippen molar-refractivity contribution in [1.82, 2.24) is 24.5 Å². The fourth-order valence-electron chi connectivity index (χ4n) is 3.07. The molecule has 7 heteroatoms. The molecule has 0 spiro atoms. The lowest BCUT2D eigenvalue weighted by Crippen LogP contribution is -2.27. The molecule has 0 aliphatic heterocycles. The van der Waals surface area contributed by atoms with E-state index in [1.165, 1.54) is 0 Å². The molecule has 0 fully saturated rings. The van der Waals surface area contributed by atoms with Gasteiger partial charge in [0.15, 0.2) is 11.5 Å². The predicted molar refractivity (Wildman–Crippen MR) is 103 cm³/mol. The Morgan fingerprint density at radius 3 is 2.52 bits per heavy atom. The highest BCUT2D eigenvalue weighted by Crippen LogP contribution is 2.24. The summed E-state index contributed by atoms with van der Waals surface area (Å²) in [6, 6.07) is 17.1. The van der Waals surface area contributed by atoms with Crippen LogP contribution in [0.25, 0.3) is 5.65 Å². The third kappa shape index (κ3) is 3.85. The van der Waals surface area contributed by atoms with Crippen molar-refractivity contribution in [2.45, 2.75) is 19.0 Å². The van der Waals surface area contributed by atoms with E-state index in [4.69, 9.17) is 11.6 Å². The van der Waals surface area contributed by atoms with Crippen molar-refractivity contribution in [1.29, 1.82) is 0 Å². The Kier molecular flexibility index (Phi) is 4.89. The summed E-state index contributed by atoms with van der Waals surface area (Å²) in [5.74, 6) is 0.638. The van der Waals surface area contributed by atoms with E-state index in [0.717, 1.165) is 11.2 Å². The molecule has 1 atom stereocenters. The first-order valence-corrected chi connectivity index (χ1v) is 9.02. The second kappa shape index (κ2) is 7.63. The van der Waals surface area contributed by atoms with Crippen molar-refractivity contribution in [3.05, 3.63) is 89.6 Å². The van der Waals surface area contributed by atoms with E-state index < -0.39 is 0 Å². The van der Waals surface area contributed by atoms with Gasteiger partial charge in [-0.05, 0) is 42.0 Å². The third-order valence-corrected chi connectivity index (χ3v) is 4.70. The van der Waals surface area contributed by atoms with Gasteiger partial charge in [0.2, 0.25) is 5.91 Å². The number of benzene rings is 1. The molecular weight excluding hydrogens is 362 g/mol. The molecule has 0 saturated carbocycles. The first-order valence-electron chi connectivity index (χ1n) is 8.64. The van der Waals surface area contributed by atoms with Gasteiger partial charge in [-0.2, -0.15) is 0 Å². The summed E-state index contributed by atoms with van der Waals surface area (Å²) in [6.07, 6.45) is 6.11. The number of rotatable bonds is 6. The highest BCUT2D eigenvalue weighted by molar-refractivity contribution is 6.30. The lowest BCUT2D eigenvalue weighted by atomic mass is 10.0. The lowest BCUT2D eigenvalue weighted by molar-refractivity contribution is -0.121. The van der Waals surface area contributed by atoms with Gasteiger partial charge < -0.3 is 9.88 Å². The van der Waals surface area contributed by atoms with Gasteiger partial charge in [0.05, 0.1) is 19.0 Å². The molecule has 27 heavy (non-hydrogen) atoms. The summed E-state index contributed by atoms with van der Waals surface area (Å²) in [5.41, 5.74) is 1.78. The molecule has 1 aromatic carbocycles. The van der Waals surface area contributed by atoms with Crippen LogP contribution in [0.5, 0.6) is 0 Å². The number of nitrogens with one attached hydrogen (secondary N) is 1. The number of aromatic nitrogens is 4. The van der Waals surface area contributed by atoms with Crippen molar-refractivity contribution < 1.29 is 4.79 Å². The molecule has 0 saturated heterocycles. The van der Waals surface area contributed by atoms with Gasteiger partial charge in [0.1, 0.15) is 0 Å². The van der Waals surface area contributed by atoms with E-state index >= 15 is 0 Å². The summed E-state index contributed by atoms with van der Waals surface area (Å²) in [4.78, 5) is 12.6. The Labute approximate surface area is 161 Å². The number of hydrogen-bond donors (Lipinski definition) is 1. The van der Waals surface area contributed by atoms with Crippen molar-refractivity contribution in [3.63, 3.8) is 0 Å². The minimum Gasteiger partial charge on any atom is -0.349 e. The van der Waals surface area contributed by atoms with Gasteiger partial charge in [-0.1, -0.05) is 29.8 Å². The number of nitrogens with zero attached hydrogens (tertiary/aromatic N) is 4. The van der Waals surface area contributed by atoms with Crippen LogP contribution in [0.3, 0.4) is 0 Å². The molecule has 4 rings (SSSR count). The van der Waals surface area contributed by atoms with Gasteiger partial charge in [-0.25, -0.2) is 0 Å². The summed E-state index contributed by atoms with van der Waals surface area (Å²) in [6.45, 7) is 0.322. The largest absolute Gasteiger partial charge is 0.349 e. The molecular formula is C20H18ClN5O. The van der Waals surface area contributed by atoms with Crippen LogP contribution in [-0.2, 0) is 11.3 Å². The Morgan fingerprint density at radius 1 is 1.00 bits per heavy atom.